The molecule has 2 heterocycles. The Morgan fingerprint density at radius 2 is 1.95 bits per heavy atom. The van der Waals surface area contributed by atoms with Crippen molar-refractivity contribution < 1.29 is 9.13 Å². The van der Waals surface area contributed by atoms with Crippen molar-refractivity contribution in [1.82, 2.24) is 4.98 Å². The van der Waals surface area contributed by atoms with Crippen LogP contribution in [0.1, 0.15) is 19.5 Å². The lowest BCUT2D eigenvalue weighted by atomic mass is 9.91. The van der Waals surface area contributed by atoms with E-state index < -0.39 is 0 Å². The number of halogens is 1. The molecule has 0 aliphatic carbocycles. The number of anilines is 1. The van der Waals surface area contributed by atoms with Crippen LogP contribution in [-0.4, -0.2) is 11.5 Å². The first-order valence-corrected chi connectivity index (χ1v) is 6.41. The average Bonchev–Trinajstić information content (AvgIpc) is 2.69. The van der Waals surface area contributed by atoms with Crippen LogP contribution >= 0.6 is 0 Å². The predicted molar refractivity (Wildman–Crippen MR) is 75.1 cm³/mol. The first-order valence-electron chi connectivity index (χ1n) is 6.41. The lowest BCUT2D eigenvalue weighted by molar-refractivity contribution is 0.471. The van der Waals surface area contributed by atoms with Gasteiger partial charge in [-0.25, -0.2) is 4.39 Å². The minimum Gasteiger partial charge on any atom is -0.451 e. The lowest BCUT2D eigenvalue weighted by Gasteiger charge is -2.16. The molecule has 0 amide bonds. The maximum Gasteiger partial charge on any atom is 0.291 e. The summed E-state index contributed by atoms with van der Waals surface area (Å²) in [5, 5.41) is 3.24. The number of pyridine rings is 1. The monoisotopic (exact) mass is 274 g/mol. The molecule has 0 saturated carbocycles. The third-order valence-corrected chi connectivity index (χ3v) is 3.45. The summed E-state index contributed by atoms with van der Waals surface area (Å²) >= 11 is 0. The number of aromatic nitrogens is 1. The number of hydrogen-bond donors (Lipinski definition) is 2. The molecule has 1 aromatic heterocycles. The van der Waals surface area contributed by atoms with Crippen LogP contribution in [0.25, 0.3) is 0 Å². The van der Waals surface area contributed by atoms with Gasteiger partial charge in [-0.2, -0.15) is 0 Å². The average molecular weight is 274 g/mol. The Balaban J connectivity index is 1.96. The Hall–Kier alpha value is -2.30. The third-order valence-electron chi connectivity index (χ3n) is 3.45. The van der Waals surface area contributed by atoms with Gasteiger partial charge in [0.1, 0.15) is 11.6 Å². The number of ether oxygens (including phenoxy) is 1. The van der Waals surface area contributed by atoms with Gasteiger partial charge in [0.2, 0.25) is 0 Å². The number of hydrogen-bond acceptors (Lipinski definition) is 3. The van der Waals surface area contributed by atoms with E-state index >= 15 is 0 Å². The van der Waals surface area contributed by atoms with Crippen molar-refractivity contribution >= 4 is 5.69 Å². The molecular weight excluding hydrogens is 259 g/mol. The van der Waals surface area contributed by atoms with Crippen LogP contribution in [0, 0.1) is 5.82 Å². The molecule has 0 unspecified atom stereocenters. The smallest absolute Gasteiger partial charge is 0.291 e. The molecule has 1 aliphatic rings. The largest absolute Gasteiger partial charge is 0.451 e. The number of nitrogens with one attached hydrogen (secondary N) is 2. The molecule has 0 radical (unpaired) electrons. The highest BCUT2D eigenvalue weighted by Crippen LogP contribution is 2.35. The van der Waals surface area contributed by atoms with E-state index in [1.165, 1.54) is 24.3 Å². The van der Waals surface area contributed by atoms with Crippen molar-refractivity contribution in [2.45, 2.75) is 19.3 Å². The van der Waals surface area contributed by atoms with Crippen LogP contribution in [0.2, 0.25) is 0 Å². The van der Waals surface area contributed by atoms with E-state index in [4.69, 9.17) is 4.74 Å². The summed E-state index contributed by atoms with van der Waals surface area (Å²) < 4.78 is 18.3. The second-order valence-corrected chi connectivity index (χ2v) is 5.54. The number of H-pyrrole nitrogens is 1. The Bertz CT molecular complexity index is 705. The number of benzene rings is 1. The van der Waals surface area contributed by atoms with Gasteiger partial charge in [-0.1, -0.05) is 13.8 Å². The molecule has 3 rings (SSSR count). The molecule has 2 aromatic rings. The fourth-order valence-electron chi connectivity index (χ4n) is 2.29. The van der Waals surface area contributed by atoms with Crippen LogP contribution < -0.4 is 15.6 Å². The highest BCUT2D eigenvalue weighted by Gasteiger charge is 2.31. The topological polar surface area (TPSA) is 54.1 Å². The van der Waals surface area contributed by atoms with E-state index in [0.717, 1.165) is 17.9 Å². The van der Waals surface area contributed by atoms with Crippen LogP contribution in [0.5, 0.6) is 11.5 Å². The zero-order valence-corrected chi connectivity index (χ0v) is 11.3. The predicted octanol–water partition coefficient (Wildman–Crippen LogP) is 3.01. The summed E-state index contributed by atoms with van der Waals surface area (Å²) in [6.07, 6.45) is 0. The van der Waals surface area contributed by atoms with Crippen molar-refractivity contribution in [2.24, 2.45) is 0 Å². The molecule has 0 atom stereocenters. The van der Waals surface area contributed by atoms with Gasteiger partial charge in [0.15, 0.2) is 5.75 Å². The van der Waals surface area contributed by atoms with E-state index in [9.17, 15) is 9.18 Å². The molecule has 0 saturated heterocycles. The molecule has 4 nitrogen and oxygen atoms in total. The Morgan fingerprint density at radius 3 is 2.65 bits per heavy atom. The molecule has 1 aliphatic heterocycles. The van der Waals surface area contributed by atoms with Crippen LogP contribution in [0.15, 0.2) is 35.1 Å². The van der Waals surface area contributed by atoms with Gasteiger partial charge in [-0.15, -0.1) is 0 Å². The van der Waals surface area contributed by atoms with Gasteiger partial charge in [0, 0.05) is 23.7 Å². The maximum atomic E-state index is 12.8. The summed E-state index contributed by atoms with van der Waals surface area (Å²) in [4.78, 5) is 14.9. The van der Waals surface area contributed by atoms with Gasteiger partial charge in [0.25, 0.3) is 5.56 Å². The van der Waals surface area contributed by atoms with Crippen molar-refractivity contribution in [3.05, 3.63) is 52.2 Å². The summed E-state index contributed by atoms with van der Waals surface area (Å²) in [6.45, 7) is 4.88. The number of rotatable bonds is 2. The van der Waals surface area contributed by atoms with E-state index in [0.29, 0.717) is 5.75 Å². The maximum absolute atomic E-state index is 12.8. The van der Waals surface area contributed by atoms with Gasteiger partial charge >= 0.3 is 0 Å². The van der Waals surface area contributed by atoms with E-state index in [1.807, 2.05) is 0 Å². The second kappa shape index (κ2) is 4.37. The first kappa shape index (κ1) is 12.7. The summed E-state index contributed by atoms with van der Waals surface area (Å²) in [5.41, 5.74) is 1.36. The van der Waals surface area contributed by atoms with Crippen molar-refractivity contribution in [1.29, 1.82) is 0 Å². The van der Waals surface area contributed by atoms with Crippen molar-refractivity contribution in [2.75, 3.05) is 11.9 Å². The van der Waals surface area contributed by atoms with Crippen molar-refractivity contribution in [3.63, 3.8) is 0 Å². The fourth-order valence-corrected chi connectivity index (χ4v) is 2.29. The SMILES string of the molecule is CC1(C)CNc2cc(Oc3ccc(F)cc3)c(=O)[nH]c21. The van der Waals surface area contributed by atoms with E-state index in [1.54, 1.807) is 6.07 Å². The molecule has 1 aromatic carbocycles. The molecule has 20 heavy (non-hydrogen) atoms. The van der Waals surface area contributed by atoms with Crippen LogP contribution in [0.4, 0.5) is 10.1 Å². The highest BCUT2D eigenvalue weighted by atomic mass is 19.1. The quantitative estimate of drug-likeness (QED) is 0.885. The molecule has 2 N–H and O–H groups in total. The third kappa shape index (κ3) is 2.15. The Labute approximate surface area is 115 Å². The standard InChI is InChI=1S/C15H15FN2O2/c1-15(2)8-17-11-7-12(14(19)18-13(11)15)20-10-5-3-9(16)4-6-10/h3-7,17H,8H2,1-2H3,(H,18,19). The molecule has 0 fully saturated rings. The molecule has 0 spiro atoms. The molecular formula is C15H15FN2O2. The van der Waals surface area contributed by atoms with Crippen LogP contribution in [0.3, 0.4) is 0 Å². The Kier molecular flexibility index (Phi) is 2.78. The van der Waals surface area contributed by atoms with Gasteiger partial charge < -0.3 is 15.0 Å². The first-order chi connectivity index (χ1) is 9.45. The second-order valence-electron chi connectivity index (χ2n) is 5.54. The summed E-state index contributed by atoms with van der Waals surface area (Å²) in [5.74, 6) is 0.276. The minimum atomic E-state index is -0.344. The molecule has 5 heteroatoms. The number of aromatic amines is 1. The zero-order valence-electron chi connectivity index (χ0n) is 11.3. The minimum absolute atomic E-state index is 0.108. The van der Waals surface area contributed by atoms with Gasteiger partial charge in [-0.05, 0) is 24.3 Å². The fraction of sp³-hybridized carbons (Fsp3) is 0.267. The lowest BCUT2D eigenvalue weighted by Crippen LogP contribution is -2.22. The van der Waals surface area contributed by atoms with Crippen molar-refractivity contribution in [3.8, 4) is 11.5 Å². The number of fused-ring (bicyclic) bond motifs is 1. The molecule has 104 valence electrons. The van der Waals surface area contributed by atoms with E-state index in [2.05, 4.69) is 24.1 Å². The molecule has 0 bridgehead atoms. The van der Waals surface area contributed by atoms with Gasteiger partial charge in [0.05, 0.1) is 5.69 Å². The Morgan fingerprint density at radius 1 is 1.25 bits per heavy atom. The highest BCUT2D eigenvalue weighted by molar-refractivity contribution is 5.59. The van der Waals surface area contributed by atoms with Crippen LogP contribution in [-0.2, 0) is 5.41 Å². The summed E-state index contributed by atoms with van der Waals surface area (Å²) in [7, 11) is 0. The van der Waals surface area contributed by atoms with E-state index in [-0.39, 0.29) is 22.5 Å². The zero-order chi connectivity index (χ0) is 14.3. The summed E-state index contributed by atoms with van der Waals surface area (Å²) in [6, 6.07) is 7.24. The van der Waals surface area contributed by atoms with Gasteiger partial charge in [-0.3, -0.25) is 4.79 Å². The normalized spacial score (nSPS) is 15.6.